The van der Waals surface area contributed by atoms with Crippen LogP contribution in [0.4, 0.5) is 20.3 Å². The van der Waals surface area contributed by atoms with E-state index in [1.54, 1.807) is 34.3 Å². The van der Waals surface area contributed by atoms with Gasteiger partial charge >= 0.3 is 0 Å². The smallest absolute Gasteiger partial charge is 0.226 e. The normalized spacial score (nSPS) is 15.5. The number of aromatic amines is 1. The Hall–Kier alpha value is -4.08. The number of halogens is 2. The van der Waals surface area contributed by atoms with E-state index in [1.807, 2.05) is 32.9 Å². The van der Waals surface area contributed by atoms with Gasteiger partial charge in [0.25, 0.3) is 0 Å². The number of aliphatic imine (C=N–C) groups is 2. The lowest BCUT2D eigenvalue weighted by Crippen LogP contribution is -2.27. The van der Waals surface area contributed by atoms with Crippen molar-refractivity contribution in [2.24, 2.45) is 15.9 Å². The summed E-state index contributed by atoms with van der Waals surface area (Å²) in [5, 5.41) is 10.7. The van der Waals surface area contributed by atoms with E-state index < -0.39 is 11.6 Å². The SMILES string of the molecule is CC=NC(=C\C)/C(=C(/C)CC)C(=C(\N=C(/C)N(C)c1c(F)cc(CC(=O)N(C)C)cc1F)Nc1cc(C)[nH]n1)/C1CC1. The Morgan fingerprint density at radius 1 is 1.14 bits per heavy atom. The molecule has 1 aliphatic carbocycles. The second-order valence-corrected chi connectivity index (χ2v) is 10.8. The number of aryl methyl sites for hydroxylation is 1. The highest BCUT2D eigenvalue weighted by molar-refractivity contribution is 5.96. The molecule has 1 saturated carbocycles. The Labute approximate surface area is 248 Å². The van der Waals surface area contributed by atoms with E-state index in [4.69, 9.17) is 4.99 Å². The summed E-state index contributed by atoms with van der Waals surface area (Å²) in [5.74, 6) is -0.0322. The predicted molar refractivity (Wildman–Crippen MR) is 168 cm³/mol. The number of allylic oxidation sites excluding steroid dienone is 3. The molecule has 10 heteroatoms. The monoisotopic (exact) mass is 579 g/mol. The third kappa shape index (κ3) is 7.80. The van der Waals surface area contributed by atoms with Crippen LogP contribution in [0, 0.1) is 24.5 Å². The van der Waals surface area contributed by atoms with Crippen molar-refractivity contribution < 1.29 is 13.6 Å². The summed E-state index contributed by atoms with van der Waals surface area (Å²) in [6.45, 7) is 11.7. The first-order chi connectivity index (χ1) is 19.9. The molecule has 2 aromatic rings. The lowest BCUT2D eigenvalue weighted by Gasteiger charge is -2.23. The Bertz CT molecular complexity index is 1440. The molecular weight excluding hydrogens is 536 g/mol. The highest BCUT2D eigenvalue weighted by Gasteiger charge is 2.34. The zero-order chi connectivity index (χ0) is 31.1. The van der Waals surface area contributed by atoms with Gasteiger partial charge in [-0.1, -0.05) is 18.6 Å². The van der Waals surface area contributed by atoms with E-state index in [1.165, 1.54) is 21.9 Å². The molecule has 2 N–H and O–H groups in total. The maximum Gasteiger partial charge on any atom is 0.226 e. The molecule has 0 unspecified atom stereocenters. The predicted octanol–water partition coefficient (Wildman–Crippen LogP) is 6.94. The Kier molecular flexibility index (Phi) is 11.0. The van der Waals surface area contributed by atoms with Gasteiger partial charge in [-0.25, -0.2) is 13.8 Å². The zero-order valence-electron chi connectivity index (χ0n) is 26.2. The molecule has 0 spiro atoms. The number of anilines is 2. The van der Waals surface area contributed by atoms with Crippen molar-refractivity contribution in [1.29, 1.82) is 0 Å². The number of carbonyl (C=O) groups is 1. The molecule has 0 saturated heterocycles. The fourth-order valence-electron chi connectivity index (χ4n) is 4.60. The number of carbonyl (C=O) groups excluding carboxylic acids is 1. The number of aromatic nitrogens is 2. The molecule has 1 aliphatic rings. The highest BCUT2D eigenvalue weighted by Crippen LogP contribution is 2.45. The summed E-state index contributed by atoms with van der Waals surface area (Å²) < 4.78 is 30.7. The number of benzene rings is 1. The van der Waals surface area contributed by atoms with E-state index in [0.717, 1.165) is 47.4 Å². The summed E-state index contributed by atoms with van der Waals surface area (Å²) in [6.07, 6.45) is 6.48. The number of likely N-dealkylation sites (N-methyl/N-ethyl adjacent to an activating group) is 1. The summed E-state index contributed by atoms with van der Waals surface area (Å²) >= 11 is 0. The molecular formula is C32H43F2N7O. The number of nitrogens with one attached hydrogen (secondary N) is 2. The number of hydrogen-bond acceptors (Lipinski definition) is 5. The molecule has 0 atom stereocenters. The first-order valence-electron chi connectivity index (χ1n) is 14.3. The minimum absolute atomic E-state index is 0.0953. The van der Waals surface area contributed by atoms with Gasteiger partial charge in [0.05, 0.1) is 12.1 Å². The first-order valence-corrected chi connectivity index (χ1v) is 14.3. The van der Waals surface area contributed by atoms with Crippen LogP contribution in [0.5, 0.6) is 0 Å². The van der Waals surface area contributed by atoms with Crippen molar-refractivity contribution in [2.45, 2.75) is 67.2 Å². The minimum Gasteiger partial charge on any atom is -0.349 e. The zero-order valence-corrected chi connectivity index (χ0v) is 26.2. The Morgan fingerprint density at radius 3 is 2.26 bits per heavy atom. The van der Waals surface area contributed by atoms with Gasteiger partial charge in [0.1, 0.15) is 29.0 Å². The molecule has 8 nitrogen and oxygen atoms in total. The molecule has 226 valence electrons. The van der Waals surface area contributed by atoms with Crippen LogP contribution in [0.2, 0.25) is 0 Å². The van der Waals surface area contributed by atoms with Crippen molar-refractivity contribution in [3.8, 4) is 0 Å². The van der Waals surface area contributed by atoms with Gasteiger partial charge in [-0.3, -0.25) is 14.9 Å². The number of H-pyrrole nitrogens is 1. The molecule has 42 heavy (non-hydrogen) atoms. The second kappa shape index (κ2) is 14.2. The van der Waals surface area contributed by atoms with Crippen molar-refractivity contribution in [2.75, 3.05) is 31.4 Å². The molecule has 0 radical (unpaired) electrons. The van der Waals surface area contributed by atoms with E-state index in [9.17, 15) is 4.79 Å². The van der Waals surface area contributed by atoms with Gasteiger partial charge in [0, 0.05) is 50.3 Å². The van der Waals surface area contributed by atoms with Crippen molar-refractivity contribution in [3.05, 3.63) is 75.4 Å². The summed E-state index contributed by atoms with van der Waals surface area (Å²) in [5.41, 5.74) is 4.92. The molecule has 1 aromatic carbocycles. The van der Waals surface area contributed by atoms with E-state index >= 15 is 8.78 Å². The van der Waals surface area contributed by atoms with Gasteiger partial charge in [0.15, 0.2) is 5.82 Å². The van der Waals surface area contributed by atoms with Crippen LogP contribution in [0.15, 0.2) is 62.5 Å². The number of amidine groups is 1. The summed E-state index contributed by atoms with van der Waals surface area (Å²) in [6, 6.07) is 4.28. The fraction of sp³-hybridized carbons (Fsp3) is 0.438. The van der Waals surface area contributed by atoms with Crippen LogP contribution in [0.25, 0.3) is 0 Å². The molecule has 1 heterocycles. The summed E-state index contributed by atoms with van der Waals surface area (Å²) in [4.78, 5) is 24.5. The minimum atomic E-state index is -0.770. The van der Waals surface area contributed by atoms with Crippen molar-refractivity contribution >= 4 is 29.5 Å². The number of rotatable bonds is 11. The average molecular weight is 580 g/mol. The van der Waals surface area contributed by atoms with E-state index in [0.29, 0.717) is 17.5 Å². The maximum absolute atomic E-state index is 15.3. The number of nitrogens with zero attached hydrogens (tertiary/aromatic N) is 5. The van der Waals surface area contributed by atoms with Gasteiger partial charge in [-0.15, -0.1) is 0 Å². The van der Waals surface area contributed by atoms with Crippen LogP contribution in [0.3, 0.4) is 0 Å². The lowest BCUT2D eigenvalue weighted by molar-refractivity contribution is -0.127. The molecule has 0 bridgehead atoms. The third-order valence-electron chi connectivity index (χ3n) is 7.24. The topological polar surface area (TPSA) is 89.0 Å². The molecule has 1 fully saturated rings. The van der Waals surface area contributed by atoms with Crippen LogP contribution in [-0.4, -0.2) is 54.2 Å². The molecule has 1 aromatic heterocycles. The van der Waals surface area contributed by atoms with Crippen molar-refractivity contribution in [1.82, 2.24) is 15.1 Å². The standard InChI is InChI=1S/C32H43F2N7O/c1-10-19(4)29(26(11-2)35-12-3)30(23-13-14-23)32(37-27-15-20(5)38-39-27)36-21(6)41(9)31-24(33)16-22(17-25(31)34)18-28(42)40(7)8/h11-12,15-17,23H,10,13-14,18H2,1-9H3,(H2,37,38,39)/b26-11-,29-19+,32-30+,35-12?,36-21+. The van der Waals surface area contributed by atoms with E-state index in [2.05, 4.69) is 34.4 Å². The summed E-state index contributed by atoms with van der Waals surface area (Å²) in [7, 11) is 4.78. The Balaban J connectivity index is 2.19. The molecule has 0 aliphatic heterocycles. The van der Waals surface area contributed by atoms with Crippen LogP contribution in [0.1, 0.15) is 65.1 Å². The second-order valence-electron chi connectivity index (χ2n) is 10.8. The van der Waals surface area contributed by atoms with Gasteiger partial charge in [-0.2, -0.15) is 5.10 Å². The first kappa shape index (κ1) is 32.4. The maximum atomic E-state index is 15.3. The molecule has 1 amide bonds. The van der Waals surface area contributed by atoms with Crippen LogP contribution >= 0.6 is 0 Å². The van der Waals surface area contributed by atoms with E-state index in [-0.39, 0.29) is 29.5 Å². The van der Waals surface area contributed by atoms with Crippen LogP contribution < -0.4 is 10.2 Å². The fourth-order valence-corrected chi connectivity index (χ4v) is 4.60. The average Bonchev–Trinajstić information content (AvgIpc) is 3.69. The lowest BCUT2D eigenvalue weighted by atomic mass is 9.92. The van der Waals surface area contributed by atoms with Gasteiger partial charge in [0.2, 0.25) is 5.91 Å². The highest BCUT2D eigenvalue weighted by atomic mass is 19.1. The van der Waals surface area contributed by atoms with Gasteiger partial charge in [-0.05, 0) is 77.5 Å². The third-order valence-corrected chi connectivity index (χ3v) is 7.24. The quantitative estimate of drug-likeness (QED) is 0.172. The van der Waals surface area contributed by atoms with Crippen LogP contribution in [-0.2, 0) is 11.2 Å². The van der Waals surface area contributed by atoms with Crippen molar-refractivity contribution in [3.63, 3.8) is 0 Å². The largest absolute Gasteiger partial charge is 0.349 e. The number of hydrogen-bond donors (Lipinski definition) is 2. The Morgan fingerprint density at radius 2 is 1.79 bits per heavy atom. The van der Waals surface area contributed by atoms with Gasteiger partial charge < -0.3 is 15.1 Å². The number of amides is 1. The molecule has 3 rings (SSSR count).